The Morgan fingerprint density at radius 3 is 2.70 bits per heavy atom. The van der Waals surface area contributed by atoms with Crippen molar-refractivity contribution in [3.05, 3.63) is 59.4 Å². The van der Waals surface area contributed by atoms with Gasteiger partial charge in [0.15, 0.2) is 12.4 Å². The molecule has 0 aromatic heterocycles. The van der Waals surface area contributed by atoms with Crippen molar-refractivity contribution in [1.82, 2.24) is 5.32 Å². The lowest BCUT2D eigenvalue weighted by Gasteiger charge is -2.25. The first-order valence-corrected chi connectivity index (χ1v) is 8.90. The van der Waals surface area contributed by atoms with E-state index in [0.717, 1.165) is 0 Å². The molecule has 0 fully saturated rings. The second kappa shape index (κ2) is 8.20. The number of amides is 1. The van der Waals surface area contributed by atoms with Crippen LogP contribution in [0.5, 0.6) is 11.5 Å². The number of rotatable bonds is 6. The molecule has 2 aromatic carbocycles. The van der Waals surface area contributed by atoms with E-state index < -0.39 is 5.92 Å². The molecule has 2 aromatic rings. The zero-order valence-corrected chi connectivity index (χ0v) is 15.3. The average molecular weight is 371 g/mol. The minimum atomic E-state index is -0.466. The van der Waals surface area contributed by atoms with Crippen LogP contribution in [0.25, 0.3) is 0 Å². The van der Waals surface area contributed by atoms with Gasteiger partial charge in [0.05, 0.1) is 11.5 Å². The predicted octanol–water partition coefficient (Wildman–Crippen LogP) is 3.34. The van der Waals surface area contributed by atoms with Crippen LogP contribution in [-0.4, -0.2) is 31.4 Å². The summed E-state index contributed by atoms with van der Waals surface area (Å²) in [5.41, 5.74) is 1.17. The van der Waals surface area contributed by atoms with Crippen molar-refractivity contribution in [2.75, 3.05) is 19.8 Å². The van der Waals surface area contributed by atoms with E-state index in [1.54, 1.807) is 30.3 Å². The van der Waals surface area contributed by atoms with Gasteiger partial charge in [-0.2, -0.15) is 0 Å². The second-order valence-corrected chi connectivity index (χ2v) is 6.92. The molecule has 1 aliphatic heterocycles. The second-order valence-electron chi connectivity index (χ2n) is 6.92. The molecule has 27 heavy (non-hydrogen) atoms. The van der Waals surface area contributed by atoms with Crippen LogP contribution in [0.4, 0.5) is 4.39 Å². The lowest BCUT2D eigenvalue weighted by atomic mass is 9.89. The highest BCUT2D eigenvalue weighted by Crippen LogP contribution is 2.34. The molecule has 1 heterocycles. The molecule has 0 aliphatic carbocycles. The highest BCUT2D eigenvalue weighted by atomic mass is 19.1. The molecule has 3 rings (SSSR count). The van der Waals surface area contributed by atoms with Crippen molar-refractivity contribution >= 4 is 11.7 Å². The maximum Gasteiger partial charge on any atom is 0.257 e. The zero-order valence-electron chi connectivity index (χ0n) is 15.3. The van der Waals surface area contributed by atoms with Gasteiger partial charge in [-0.15, -0.1) is 0 Å². The molecule has 1 atom stereocenters. The van der Waals surface area contributed by atoms with Gasteiger partial charge in [-0.25, -0.2) is 4.39 Å². The molecule has 1 N–H and O–H groups in total. The van der Waals surface area contributed by atoms with Crippen molar-refractivity contribution in [2.45, 2.75) is 19.8 Å². The highest BCUT2D eigenvalue weighted by Gasteiger charge is 2.30. The Bertz CT molecular complexity index is 833. The first kappa shape index (κ1) is 18.9. The van der Waals surface area contributed by atoms with E-state index in [1.165, 1.54) is 12.1 Å². The van der Waals surface area contributed by atoms with Crippen molar-refractivity contribution < 1.29 is 23.5 Å². The minimum absolute atomic E-state index is 0.0796. The van der Waals surface area contributed by atoms with Crippen molar-refractivity contribution in [3.63, 3.8) is 0 Å². The normalized spacial score (nSPS) is 15.9. The smallest absolute Gasteiger partial charge is 0.257 e. The largest absolute Gasteiger partial charge is 0.492 e. The molecule has 0 saturated heterocycles. The van der Waals surface area contributed by atoms with E-state index in [1.807, 2.05) is 13.8 Å². The van der Waals surface area contributed by atoms with Gasteiger partial charge in [-0.1, -0.05) is 26.0 Å². The van der Waals surface area contributed by atoms with Gasteiger partial charge in [-0.05, 0) is 35.7 Å². The fourth-order valence-corrected chi connectivity index (χ4v) is 2.81. The van der Waals surface area contributed by atoms with Crippen molar-refractivity contribution in [2.24, 2.45) is 5.92 Å². The zero-order chi connectivity index (χ0) is 19.4. The van der Waals surface area contributed by atoms with Gasteiger partial charge >= 0.3 is 0 Å². The summed E-state index contributed by atoms with van der Waals surface area (Å²) >= 11 is 0. The third kappa shape index (κ3) is 4.64. The maximum absolute atomic E-state index is 13.1. The molecule has 142 valence electrons. The van der Waals surface area contributed by atoms with E-state index in [2.05, 4.69) is 5.32 Å². The number of halogens is 1. The fraction of sp³-hybridized carbons (Fsp3) is 0.333. The molecular formula is C21H22FNO4. The SMILES string of the molecule is CC(C)CNC(=O)COc1ccc2c(c1)OCC(c1ccc(F)cc1)C2=O. The summed E-state index contributed by atoms with van der Waals surface area (Å²) in [5.74, 6) is 0.166. The lowest BCUT2D eigenvalue weighted by Crippen LogP contribution is -2.31. The minimum Gasteiger partial charge on any atom is -0.492 e. The number of benzene rings is 2. The molecular weight excluding hydrogens is 349 g/mol. The van der Waals surface area contributed by atoms with Crippen molar-refractivity contribution in [1.29, 1.82) is 0 Å². The maximum atomic E-state index is 13.1. The quantitative estimate of drug-likeness (QED) is 0.846. The summed E-state index contributed by atoms with van der Waals surface area (Å²) in [4.78, 5) is 24.5. The molecule has 6 heteroatoms. The van der Waals surface area contributed by atoms with Gasteiger partial charge in [0, 0.05) is 12.6 Å². The Labute approximate surface area is 157 Å². The molecule has 1 amide bonds. The Morgan fingerprint density at radius 1 is 1.26 bits per heavy atom. The summed E-state index contributed by atoms with van der Waals surface area (Å²) in [7, 11) is 0. The van der Waals surface area contributed by atoms with Crippen LogP contribution in [0.3, 0.4) is 0 Å². The molecule has 0 spiro atoms. The van der Waals surface area contributed by atoms with Gasteiger partial charge < -0.3 is 14.8 Å². The van der Waals surface area contributed by atoms with E-state index in [-0.39, 0.29) is 30.7 Å². The van der Waals surface area contributed by atoms with Crippen LogP contribution in [0.1, 0.15) is 35.7 Å². The standard InChI is InChI=1S/C21H22FNO4/c1-13(2)10-23-20(24)12-26-16-7-8-17-19(9-16)27-11-18(21(17)25)14-3-5-15(22)6-4-14/h3-9,13,18H,10-12H2,1-2H3,(H,23,24). The van der Waals surface area contributed by atoms with Gasteiger partial charge in [0.2, 0.25) is 0 Å². The van der Waals surface area contributed by atoms with Crippen LogP contribution in [0.2, 0.25) is 0 Å². The van der Waals surface area contributed by atoms with E-state index in [0.29, 0.717) is 35.1 Å². The summed E-state index contributed by atoms with van der Waals surface area (Å²) in [6.45, 7) is 4.69. The number of hydrogen-bond donors (Lipinski definition) is 1. The average Bonchev–Trinajstić information content (AvgIpc) is 2.66. The van der Waals surface area contributed by atoms with Crippen LogP contribution in [0, 0.1) is 11.7 Å². The summed E-state index contributed by atoms with van der Waals surface area (Å²) in [6.07, 6.45) is 0. The molecule has 5 nitrogen and oxygen atoms in total. The highest BCUT2D eigenvalue weighted by molar-refractivity contribution is 6.04. The van der Waals surface area contributed by atoms with Crippen LogP contribution >= 0.6 is 0 Å². The number of nitrogens with one attached hydrogen (secondary N) is 1. The number of carbonyl (C=O) groups is 2. The summed E-state index contributed by atoms with van der Waals surface area (Å²) in [6, 6.07) is 10.7. The third-order valence-corrected chi connectivity index (χ3v) is 4.29. The monoisotopic (exact) mass is 371 g/mol. The number of ether oxygens (including phenoxy) is 2. The molecule has 1 aliphatic rings. The molecule has 0 saturated carbocycles. The topological polar surface area (TPSA) is 64.6 Å². The number of Topliss-reactive ketones (excluding diaryl/α,β-unsaturated/α-hetero) is 1. The van der Waals surface area contributed by atoms with E-state index in [4.69, 9.17) is 9.47 Å². The first-order chi connectivity index (χ1) is 12.9. The fourth-order valence-electron chi connectivity index (χ4n) is 2.81. The molecule has 0 bridgehead atoms. The Hall–Kier alpha value is -2.89. The van der Waals surface area contributed by atoms with E-state index >= 15 is 0 Å². The number of carbonyl (C=O) groups excluding carboxylic acids is 2. The summed E-state index contributed by atoms with van der Waals surface area (Å²) in [5, 5.41) is 2.77. The van der Waals surface area contributed by atoms with Gasteiger partial charge in [-0.3, -0.25) is 9.59 Å². The molecule has 0 radical (unpaired) electrons. The summed E-state index contributed by atoms with van der Waals surface area (Å²) < 4.78 is 24.3. The van der Waals surface area contributed by atoms with Crippen LogP contribution in [-0.2, 0) is 4.79 Å². The first-order valence-electron chi connectivity index (χ1n) is 8.90. The predicted molar refractivity (Wildman–Crippen MR) is 98.8 cm³/mol. The van der Waals surface area contributed by atoms with Gasteiger partial charge in [0.1, 0.15) is 23.9 Å². The number of fused-ring (bicyclic) bond motifs is 1. The molecule has 1 unspecified atom stereocenters. The van der Waals surface area contributed by atoms with Crippen molar-refractivity contribution in [3.8, 4) is 11.5 Å². The van der Waals surface area contributed by atoms with E-state index in [9.17, 15) is 14.0 Å². The number of ketones is 1. The van der Waals surface area contributed by atoms with Crippen LogP contribution in [0.15, 0.2) is 42.5 Å². The number of hydrogen-bond acceptors (Lipinski definition) is 4. The van der Waals surface area contributed by atoms with Gasteiger partial charge in [0.25, 0.3) is 5.91 Å². The Morgan fingerprint density at radius 2 is 2.00 bits per heavy atom. The Kier molecular flexibility index (Phi) is 5.74. The third-order valence-electron chi connectivity index (χ3n) is 4.29. The lowest BCUT2D eigenvalue weighted by molar-refractivity contribution is -0.123. The Balaban J connectivity index is 1.66. The van der Waals surface area contributed by atoms with Crippen LogP contribution < -0.4 is 14.8 Å².